The highest BCUT2D eigenvalue weighted by atomic mass is 19.1. The van der Waals surface area contributed by atoms with Crippen molar-refractivity contribution in [1.29, 1.82) is 0 Å². The number of hydrogen-bond acceptors (Lipinski definition) is 5. The molecule has 190 valence electrons. The first kappa shape index (κ1) is 25.5. The molecule has 0 spiro atoms. The summed E-state index contributed by atoms with van der Waals surface area (Å²) in [5.74, 6) is 0.265. The van der Waals surface area contributed by atoms with Gasteiger partial charge in [0.2, 0.25) is 0 Å². The van der Waals surface area contributed by atoms with Crippen molar-refractivity contribution in [1.82, 2.24) is 19.7 Å². The number of carbonyl (C=O) groups excluding carboxylic acids is 2. The number of ether oxygens (including phenoxy) is 1. The van der Waals surface area contributed by atoms with Crippen LogP contribution < -0.4 is 0 Å². The third-order valence-electron chi connectivity index (χ3n) is 6.84. The van der Waals surface area contributed by atoms with Crippen LogP contribution in [0.2, 0.25) is 0 Å². The Morgan fingerprint density at radius 2 is 1.83 bits per heavy atom. The van der Waals surface area contributed by atoms with Crippen LogP contribution in [0, 0.1) is 11.7 Å². The molecule has 1 unspecified atom stereocenters. The van der Waals surface area contributed by atoms with Gasteiger partial charge in [0, 0.05) is 19.3 Å². The fourth-order valence-electron chi connectivity index (χ4n) is 5.08. The summed E-state index contributed by atoms with van der Waals surface area (Å²) >= 11 is 0. The van der Waals surface area contributed by atoms with Crippen LogP contribution in [0.25, 0.3) is 5.82 Å². The van der Waals surface area contributed by atoms with Gasteiger partial charge in [-0.2, -0.15) is 5.10 Å². The van der Waals surface area contributed by atoms with Crippen molar-refractivity contribution in [2.24, 2.45) is 5.92 Å². The molecule has 7 nitrogen and oxygen atoms in total. The number of likely N-dealkylation sites (tertiary alicyclic amines) is 1. The Kier molecular flexibility index (Phi) is 8.13. The largest absolute Gasteiger partial charge is 0.466 e. The van der Waals surface area contributed by atoms with Gasteiger partial charge in [0.05, 0.1) is 30.5 Å². The number of halogens is 1. The van der Waals surface area contributed by atoms with E-state index in [2.05, 4.69) is 10.1 Å². The van der Waals surface area contributed by atoms with Gasteiger partial charge >= 0.3 is 5.97 Å². The van der Waals surface area contributed by atoms with E-state index in [1.165, 1.54) is 12.1 Å². The average Bonchev–Trinajstić information content (AvgIpc) is 3.34. The molecule has 0 saturated carbocycles. The predicted molar refractivity (Wildman–Crippen MR) is 134 cm³/mol. The monoisotopic (exact) mass is 492 g/mol. The number of hydrogen-bond donors (Lipinski definition) is 0. The number of amides is 1. The second-order valence-electron chi connectivity index (χ2n) is 9.49. The lowest BCUT2D eigenvalue weighted by Crippen LogP contribution is -2.40. The van der Waals surface area contributed by atoms with E-state index >= 15 is 0 Å². The molecule has 1 aromatic carbocycles. The molecular formula is C28H33FN4O3. The summed E-state index contributed by atoms with van der Waals surface area (Å²) in [5, 5.41) is 4.49. The number of nitrogens with zero attached hydrogens (tertiary/aromatic N) is 4. The fraction of sp³-hybridized carbons (Fsp3) is 0.429. The summed E-state index contributed by atoms with van der Waals surface area (Å²) in [6.45, 7) is 7.36. The van der Waals surface area contributed by atoms with E-state index in [9.17, 15) is 14.0 Å². The van der Waals surface area contributed by atoms with Gasteiger partial charge in [-0.15, -0.1) is 0 Å². The molecule has 1 atom stereocenters. The molecule has 1 fully saturated rings. The maximum Gasteiger partial charge on any atom is 0.306 e. The summed E-state index contributed by atoms with van der Waals surface area (Å²) in [6, 6.07) is 12.0. The number of pyridine rings is 1. The van der Waals surface area contributed by atoms with Crippen LogP contribution in [0.4, 0.5) is 4.39 Å². The molecule has 1 aliphatic heterocycles. The Hall–Kier alpha value is -3.55. The van der Waals surface area contributed by atoms with Crippen molar-refractivity contribution in [2.45, 2.75) is 51.9 Å². The lowest BCUT2D eigenvalue weighted by Gasteiger charge is -2.36. The minimum atomic E-state index is -0.304. The lowest BCUT2D eigenvalue weighted by molar-refractivity contribution is -0.144. The first-order chi connectivity index (χ1) is 17.4. The smallest absolute Gasteiger partial charge is 0.306 e. The third-order valence-corrected chi connectivity index (χ3v) is 6.84. The van der Waals surface area contributed by atoms with Crippen LogP contribution in [0.3, 0.4) is 0 Å². The predicted octanol–water partition coefficient (Wildman–Crippen LogP) is 5.12. The normalized spacial score (nSPS) is 15.2. The first-order valence-corrected chi connectivity index (χ1v) is 12.6. The van der Waals surface area contributed by atoms with Gasteiger partial charge in [0.15, 0.2) is 5.82 Å². The molecule has 0 N–H and O–H groups in total. The number of benzene rings is 1. The fourth-order valence-corrected chi connectivity index (χ4v) is 5.08. The number of piperidine rings is 1. The van der Waals surface area contributed by atoms with Gasteiger partial charge in [-0.05, 0) is 67.3 Å². The molecule has 36 heavy (non-hydrogen) atoms. The van der Waals surface area contributed by atoms with Crippen LogP contribution in [0.15, 0.2) is 54.9 Å². The molecule has 0 bridgehead atoms. The molecule has 1 saturated heterocycles. The number of carbonyl (C=O) groups is 2. The quantitative estimate of drug-likeness (QED) is 0.408. The molecule has 0 aliphatic carbocycles. The van der Waals surface area contributed by atoms with Crippen molar-refractivity contribution in [3.8, 4) is 5.82 Å². The Morgan fingerprint density at radius 3 is 2.44 bits per heavy atom. The van der Waals surface area contributed by atoms with Crippen LogP contribution in [-0.4, -0.2) is 51.2 Å². The summed E-state index contributed by atoms with van der Waals surface area (Å²) in [4.78, 5) is 32.2. The van der Waals surface area contributed by atoms with E-state index in [4.69, 9.17) is 4.74 Å². The van der Waals surface area contributed by atoms with Gasteiger partial charge in [-0.1, -0.05) is 32.0 Å². The molecule has 3 aromatic rings. The Balaban J connectivity index is 1.50. The third kappa shape index (κ3) is 5.64. The summed E-state index contributed by atoms with van der Waals surface area (Å²) in [5.41, 5.74) is 2.36. The van der Waals surface area contributed by atoms with E-state index in [-0.39, 0.29) is 41.9 Å². The zero-order valence-corrected chi connectivity index (χ0v) is 21.1. The van der Waals surface area contributed by atoms with Crippen molar-refractivity contribution in [3.63, 3.8) is 0 Å². The van der Waals surface area contributed by atoms with Crippen LogP contribution in [0.5, 0.6) is 0 Å². The van der Waals surface area contributed by atoms with Crippen molar-refractivity contribution in [2.75, 3.05) is 19.7 Å². The van der Waals surface area contributed by atoms with Crippen molar-refractivity contribution < 1.29 is 18.7 Å². The van der Waals surface area contributed by atoms with E-state index in [0.717, 1.165) is 24.1 Å². The number of rotatable bonds is 8. The minimum absolute atomic E-state index is 0.0388. The zero-order valence-electron chi connectivity index (χ0n) is 21.1. The highest BCUT2D eigenvalue weighted by molar-refractivity contribution is 5.95. The molecule has 4 rings (SSSR count). The summed E-state index contributed by atoms with van der Waals surface area (Å²) in [6.07, 6.45) is 5.09. The Labute approximate surface area is 211 Å². The van der Waals surface area contributed by atoms with Crippen LogP contribution >= 0.6 is 0 Å². The SMILES string of the molecule is CCOC(=O)CC(c1ccc(F)cc1)C1CCN(C(=O)c2cnn(-c3ccccn3)c2C(C)C)CC1. The summed E-state index contributed by atoms with van der Waals surface area (Å²) < 4.78 is 20.5. The topological polar surface area (TPSA) is 77.3 Å². The van der Waals surface area contributed by atoms with Gasteiger partial charge in [-0.25, -0.2) is 14.1 Å². The lowest BCUT2D eigenvalue weighted by atomic mass is 9.78. The molecule has 1 aliphatic rings. The van der Waals surface area contributed by atoms with Crippen LogP contribution in [0.1, 0.15) is 73.5 Å². The van der Waals surface area contributed by atoms with Gasteiger partial charge < -0.3 is 9.64 Å². The van der Waals surface area contributed by atoms with Crippen molar-refractivity contribution in [3.05, 3.63) is 77.5 Å². The summed E-state index contributed by atoms with van der Waals surface area (Å²) in [7, 11) is 0. The highest BCUT2D eigenvalue weighted by Gasteiger charge is 2.33. The maximum absolute atomic E-state index is 13.6. The number of aromatic nitrogens is 3. The van der Waals surface area contributed by atoms with Gasteiger partial charge in [0.25, 0.3) is 5.91 Å². The second kappa shape index (κ2) is 11.5. The van der Waals surface area contributed by atoms with Gasteiger partial charge in [0.1, 0.15) is 5.82 Å². The standard InChI is InChI=1S/C28H33FN4O3/c1-4-36-26(34)17-23(20-8-10-22(29)11-9-20)21-12-15-32(16-13-21)28(35)24-18-31-33(27(24)19(2)3)25-7-5-6-14-30-25/h5-11,14,18-19,21,23H,4,12-13,15-17H2,1-3H3. The van der Waals surface area contributed by atoms with Crippen LogP contribution in [-0.2, 0) is 9.53 Å². The van der Waals surface area contributed by atoms with Gasteiger partial charge in [-0.3, -0.25) is 9.59 Å². The molecular weight excluding hydrogens is 459 g/mol. The first-order valence-electron chi connectivity index (χ1n) is 12.6. The second-order valence-corrected chi connectivity index (χ2v) is 9.49. The minimum Gasteiger partial charge on any atom is -0.466 e. The average molecular weight is 493 g/mol. The maximum atomic E-state index is 13.6. The van der Waals surface area contributed by atoms with E-state index in [1.807, 2.05) is 36.9 Å². The Morgan fingerprint density at radius 1 is 1.11 bits per heavy atom. The zero-order chi connectivity index (χ0) is 25.7. The molecule has 3 heterocycles. The van der Waals surface area contributed by atoms with E-state index < -0.39 is 0 Å². The number of esters is 1. The van der Waals surface area contributed by atoms with Crippen molar-refractivity contribution >= 4 is 11.9 Å². The van der Waals surface area contributed by atoms with E-state index in [0.29, 0.717) is 31.1 Å². The van der Waals surface area contributed by atoms with E-state index in [1.54, 1.807) is 36.1 Å². The Bertz CT molecular complexity index is 1170. The molecule has 2 aromatic heterocycles. The molecule has 8 heteroatoms. The highest BCUT2D eigenvalue weighted by Crippen LogP contribution is 2.36. The molecule has 1 amide bonds. The molecule has 0 radical (unpaired) electrons.